The summed E-state index contributed by atoms with van der Waals surface area (Å²) in [5, 5.41) is 2.59. The molecule has 2 nitrogen and oxygen atoms in total. The van der Waals surface area contributed by atoms with Crippen LogP contribution in [0.2, 0.25) is 0 Å². The Morgan fingerprint density at radius 2 is 2.06 bits per heavy atom. The Morgan fingerprint density at radius 3 is 2.35 bits per heavy atom. The summed E-state index contributed by atoms with van der Waals surface area (Å²) in [6.45, 7) is 2.93. The van der Waals surface area contributed by atoms with E-state index in [1.807, 2.05) is 0 Å². The van der Waals surface area contributed by atoms with E-state index in [9.17, 15) is 13.2 Å². The van der Waals surface area contributed by atoms with Crippen LogP contribution in [0.5, 0.6) is 0 Å². The average molecular weight is 425 g/mol. The number of alkyl halides is 3. The summed E-state index contributed by atoms with van der Waals surface area (Å²) in [6, 6.07) is 0. The first-order chi connectivity index (χ1) is 7.81. The van der Waals surface area contributed by atoms with Crippen molar-refractivity contribution in [1.29, 1.82) is 0 Å². The van der Waals surface area contributed by atoms with Gasteiger partial charge in [0, 0.05) is 7.05 Å². The molecule has 0 aliphatic heterocycles. The predicted molar refractivity (Wildman–Crippen MR) is 76.8 cm³/mol. The van der Waals surface area contributed by atoms with E-state index in [4.69, 9.17) is 0 Å². The summed E-state index contributed by atoms with van der Waals surface area (Å²) in [6.07, 6.45) is 0.0167. The van der Waals surface area contributed by atoms with Crippen LogP contribution >= 0.6 is 38.8 Å². The van der Waals surface area contributed by atoms with Gasteiger partial charge in [-0.05, 0) is 35.9 Å². The van der Waals surface area contributed by atoms with Gasteiger partial charge in [0.25, 0.3) is 6.43 Å². The van der Waals surface area contributed by atoms with Crippen molar-refractivity contribution in [2.75, 3.05) is 7.05 Å². The smallest absolute Gasteiger partial charge is 0.282 e. The van der Waals surface area contributed by atoms with Crippen LogP contribution in [-0.2, 0) is 0 Å². The molecule has 0 saturated carbocycles. The third-order valence-electron chi connectivity index (χ3n) is 1.96. The number of hydrogen-bond acceptors (Lipinski definition) is 2. The van der Waals surface area contributed by atoms with Crippen molar-refractivity contribution in [3.8, 4) is 0 Å². The largest absolute Gasteiger partial charge is 0.388 e. The van der Waals surface area contributed by atoms with Crippen LogP contribution in [0, 0.1) is 0 Å². The lowest BCUT2D eigenvalue weighted by atomic mass is 10.0. The van der Waals surface area contributed by atoms with E-state index in [-0.39, 0.29) is 10.2 Å². The molecule has 0 fully saturated rings. The third kappa shape index (κ3) is 4.61. The zero-order valence-electron chi connectivity index (χ0n) is 9.57. The van der Waals surface area contributed by atoms with Crippen molar-refractivity contribution in [3.63, 3.8) is 0 Å². The predicted octanol–water partition coefficient (Wildman–Crippen LogP) is 4.17. The Bertz CT molecular complexity index is 351. The summed E-state index contributed by atoms with van der Waals surface area (Å²) in [7, 11) is 1.47. The highest BCUT2D eigenvalue weighted by molar-refractivity contribution is 14.1. The minimum atomic E-state index is -2.77. The molecule has 0 amide bonds. The minimum absolute atomic E-state index is 0.00585. The molecule has 0 aliphatic rings. The van der Waals surface area contributed by atoms with E-state index >= 15 is 0 Å². The second-order valence-corrected chi connectivity index (χ2v) is 4.56. The van der Waals surface area contributed by atoms with Crippen molar-refractivity contribution in [2.45, 2.75) is 25.9 Å². The number of nitrogens with one attached hydrogen (secondary N) is 1. The van der Waals surface area contributed by atoms with Crippen LogP contribution in [0.4, 0.5) is 13.2 Å². The molecule has 0 heterocycles. The monoisotopic (exact) mass is 424 g/mol. The SMILES string of the molecule is C/C=C/C(C)(F)/C(NC)=C(Br)/C(=N\I)C(F)F. The summed E-state index contributed by atoms with van der Waals surface area (Å²) in [5.41, 5.74) is -2.36. The lowest BCUT2D eigenvalue weighted by Gasteiger charge is -2.22. The molecule has 17 heavy (non-hydrogen) atoms. The number of allylic oxidation sites excluding steroid dienone is 3. The van der Waals surface area contributed by atoms with Gasteiger partial charge in [0.15, 0.2) is 5.67 Å². The fraction of sp³-hybridized carbons (Fsp3) is 0.500. The summed E-state index contributed by atoms with van der Waals surface area (Å²) in [5.74, 6) is 0. The lowest BCUT2D eigenvalue weighted by molar-refractivity contribution is 0.226. The van der Waals surface area contributed by atoms with Crippen molar-refractivity contribution in [1.82, 2.24) is 5.32 Å². The molecule has 1 atom stereocenters. The van der Waals surface area contributed by atoms with Gasteiger partial charge < -0.3 is 5.32 Å². The molecule has 0 radical (unpaired) electrons. The zero-order valence-corrected chi connectivity index (χ0v) is 13.3. The molecule has 98 valence electrons. The Morgan fingerprint density at radius 1 is 1.53 bits per heavy atom. The normalized spacial score (nSPS) is 18.3. The van der Waals surface area contributed by atoms with Crippen molar-refractivity contribution in [2.24, 2.45) is 3.21 Å². The Hall–Kier alpha value is -0.0500. The molecule has 0 aromatic carbocycles. The highest BCUT2D eigenvalue weighted by Crippen LogP contribution is 2.29. The fourth-order valence-electron chi connectivity index (χ4n) is 1.26. The van der Waals surface area contributed by atoms with Gasteiger partial charge in [0.05, 0.1) is 33.0 Å². The van der Waals surface area contributed by atoms with Crippen LogP contribution in [-0.4, -0.2) is 24.9 Å². The van der Waals surface area contributed by atoms with Gasteiger partial charge in [0.2, 0.25) is 0 Å². The molecule has 1 unspecified atom stereocenters. The molecule has 1 N–H and O–H groups in total. The first-order valence-electron chi connectivity index (χ1n) is 4.70. The highest BCUT2D eigenvalue weighted by atomic mass is 127. The lowest BCUT2D eigenvalue weighted by Crippen LogP contribution is -2.30. The maximum atomic E-state index is 14.2. The van der Waals surface area contributed by atoms with E-state index in [0.29, 0.717) is 0 Å². The Labute approximate surface area is 121 Å². The van der Waals surface area contributed by atoms with Gasteiger partial charge in [-0.1, -0.05) is 6.08 Å². The first-order valence-corrected chi connectivity index (χ1v) is 6.45. The summed E-state index contributed by atoms with van der Waals surface area (Å²) < 4.78 is 42.9. The van der Waals surface area contributed by atoms with Crippen molar-refractivity contribution >= 4 is 44.5 Å². The van der Waals surface area contributed by atoms with Crippen molar-refractivity contribution < 1.29 is 13.2 Å². The number of halogens is 5. The highest BCUT2D eigenvalue weighted by Gasteiger charge is 2.30. The van der Waals surface area contributed by atoms with Crippen LogP contribution in [0.3, 0.4) is 0 Å². The van der Waals surface area contributed by atoms with Crippen LogP contribution in [0.1, 0.15) is 13.8 Å². The van der Waals surface area contributed by atoms with E-state index in [1.165, 1.54) is 49.0 Å². The Kier molecular flexibility index (Phi) is 7.38. The molecule has 0 aromatic rings. The van der Waals surface area contributed by atoms with Crippen LogP contribution < -0.4 is 5.32 Å². The van der Waals surface area contributed by atoms with E-state index in [0.717, 1.165) is 0 Å². The topological polar surface area (TPSA) is 24.4 Å². The second kappa shape index (κ2) is 7.40. The van der Waals surface area contributed by atoms with Gasteiger partial charge in [-0.3, -0.25) is 0 Å². The van der Waals surface area contributed by atoms with E-state index in [1.54, 1.807) is 6.92 Å². The number of hydrogen-bond donors (Lipinski definition) is 1. The quantitative estimate of drug-likeness (QED) is 0.399. The summed E-state index contributed by atoms with van der Waals surface area (Å²) in [4.78, 5) is 0. The molecule has 0 rings (SSSR count). The van der Waals surface area contributed by atoms with E-state index in [2.05, 4.69) is 24.5 Å². The molecule has 0 aliphatic carbocycles. The van der Waals surface area contributed by atoms with Crippen LogP contribution in [0.15, 0.2) is 25.5 Å². The van der Waals surface area contributed by atoms with Gasteiger partial charge in [-0.25, -0.2) is 16.4 Å². The molecule has 0 spiro atoms. The van der Waals surface area contributed by atoms with Gasteiger partial charge in [-0.15, -0.1) is 0 Å². The van der Waals surface area contributed by atoms with Gasteiger partial charge in [-0.2, -0.15) is 0 Å². The fourth-order valence-corrected chi connectivity index (χ4v) is 2.89. The van der Waals surface area contributed by atoms with Gasteiger partial charge >= 0.3 is 0 Å². The number of nitrogens with zero attached hydrogens (tertiary/aromatic N) is 1. The van der Waals surface area contributed by atoms with Gasteiger partial charge in [0.1, 0.15) is 5.71 Å². The molecule has 7 heteroatoms. The third-order valence-corrected chi connectivity index (χ3v) is 3.28. The second-order valence-electron chi connectivity index (χ2n) is 3.29. The molecular weight excluding hydrogens is 412 g/mol. The molecular formula is C10H13BrF3IN2. The first kappa shape index (κ1) is 16.9. The standard InChI is InChI=1S/C10H13BrF3IN2/c1-4-5-10(2,14)8(16-3)6(11)7(17-15)9(12)13/h4-5,9,16H,1-3H3/b5-4+,8-6+,17-7+. The van der Waals surface area contributed by atoms with E-state index < -0.39 is 17.8 Å². The zero-order chi connectivity index (χ0) is 13.6. The van der Waals surface area contributed by atoms with Crippen molar-refractivity contribution in [3.05, 3.63) is 22.3 Å². The maximum Gasteiger partial charge on any atom is 0.282 e. The molecule has 0 saturated heterocycles. The molecule has 0 bridgehead atoms. The maximum absolute atomic E-state index is 14.2. The summed E-state index contributed by atoms with van der Waals surface area (Å²) >= 11 is 4.42. The number of rotatable bonds is 5. The van der Waals surface area contributed by atoms with Crippen LogP contribution in [0.25, 0.3) is 0 Å². The molecule has 0 aromatic heterocycles. The Balaban J connectivity index is 5.63. The average Bonchev–Trinajstić information content (AvgIpc) is 2.18. The minimum Gasteiger partial charge on any atom is -0.388 e.